The number of aromatic amines is 1. The lowest BCUT2D eigenvalue weighted by atomic mass is 9.70. The lowest BCUT2D eigenvalue weighted by molar-refractivity contribution is -0.147. The van der Waals surface area contributed by atoms with Gasteiger partial charge < -0.3 is 20.1 Å². The maximum Gasteiger partial charge on any atom is 0.338 e. The fourth-order valence-electron chi connectivity index (χ4n) is 7.89. The molecule has 2 atom stereocenters. The van der Waals surface area contributed by atoms with Gasteiger partial charge in [0.25, 0.3) is 0 Å². The molecule has 1 fully saturated rings. The number of dihydropyridines is 1. The lowest BCUT2D eigenvalue weighted by Gasteiger charge is -2.38. The summed E-state index contributed by atoms with van der Waals surface area (Å²) in [7, 11) is 0. The van der Waals surface area contributed by atoms with Crippen LogP contribution < -0.4 is 5.32 Å². The highest BCUT2D eigenvalue weighted by Gasteiger charge is 2.43. The van der Waals surface area contributed by atoms with E-state index in [0.29, 0.717) is 36.3 Å². The van der Waals surface area contributed by atoms with E-state index in [2.05, 4.69) is 43.2 Å². The number of rotatable bonds is 7. The minimum atomic E-state index is -0.701. The van der Waals surface area contributed by atoms with Gasteiger partial charge in [-0.1, -0.05) is 55.5 Å². The first-order valence-corrected chi connectivity index (χ1v) is 15.0. The van der Waals surface area contributed by atoms with Crippen LogP contribution >= 0.6 is 0 Å². The number of esters is 1. The Morgan fingerprint density at radius 1 is 1.05 bits per heavy atom. The quantitative estimate of drug-likeness (QED) is 0.219. The Hall–Kier alpha value is -3.64. The highest BCUT2D eigenvalue weighted by molar-refractivity contribution is 6.05. The third kappa shape index (κ3) is 5.14. The Labute approximate surface area is 241 Å². The largest absolute Gasteiger partial charge is 0.435 e. The molecule has 41 heavy (non-hydrogen) atoms. The summed E-state index contributed by atoms with van der Waals surface area (Å²) >= 11 is 0. The van der Waals surface area contributed by atoms with Crippen LogP contribution in [0.3, 0.4) is 0 Å². The molecule has 3 aromatic rings. The summed E-state index contributed by atoms with van der Waals surface area (Å²) in [6.45, 7) is 5.69. The van der Waals surface area contributed by atoms with Crippen molar-refractivity contribution in [1.82, 2.24) is 10.3 Å². The van der Waals surface area contributed by atoms with Crippen LogP contribution in [0.5, 0.6) is 0 Å². The maximum absolute atomic E-state index is 14.2. The molecule has 6 rings (SSSR count). The number of hydrogen-bond donors (Lipinski definition) is 3. The van der Waals surface area contributed by atoms with Gasteiger partial charge in [-0.05, 0) is 86.3 Å². The Kier molecular flexibility index (Phi) is 7.60. The molecular weight excluding hydrogens is 512 g/mol. The van der Waals surface area contributed by atoms with Crippen LogP contribution in [-0.2, 0) is 14.3 Å². The Morgan fingerprint density at radius 2 is 1.80 bits per heavy atom. The summed E-state index contributed by atoms with van der Waals surface area (Å²) in [6, 6.07) is 12.4. The number of allylic oxidation sites excluding steroid dienone is 3. The number of Topliss-reactive ketones (excluding diaryl/α,β-unsaturated/α-hetero) is 1. The van der Waals surface area contributed by atoms with E-state index in [1.165, 1.54) is 47.9 Å². The van der Waals surface area contributed by atoms with Gasteiger partial charge >= 0.3 is 5.97 Å². The second-order valence-corrected chi connectivity index (χ2v) is 12.2. The predicted molar refractivity (Wildman–Crippen MR) is 160 cm³/mol. The molecule has 2 unspecified atom stereocenters. The van der Waals surface area contributed by atoms with Crippen molar-refractivity contribution in [2.45, 2.75) is 84.0 Å². The van der Waals surface area contributed by atoms with Crippen LogP contribution in [0.1, 0.15) is 91.0 Å². The zero-order valence-corrected chi connectivity index (χ0v) is 24.3. The van der Waals surface area contributed by atoms with E-state index in [0.717, 1.165) is 34.3 Å². The van der Waals surface area contributed by atoms with Crippen LogP contribution in [-0.4, -0.2) is 28.6 Å². The molecule has 3 aliphatic rings. The summed E-state index contributed by atoms with van der Waals surface area (Å²) in [4.78, 5) is 31.1. The molecule has 1 aromatic heterocycles. The fraction of sp³-hybridized carbons (Fsp3) is 0.429. The highest BCUT2D eigenvalue weighted by Crippen LogP contribution is 2.48. The van der Waals surface area contributed by atoms with Crippen LogP contribution in [0, 0.1) is 26.7 Å². The SMILES string of the molecule is Cc1cc(C)c(C2CC(=O)C3=C(C2)NC(CCC2CCCC2)=C(C(=O)OCO)C3c2cccc3[nH]ccc23)c(C)c1. The minimum Gasteiger partial charge on any atom is -0.435 e. The number of fused-ring (bicyclic) bond motifs is 1. The standard InChI is InChI=1S/C35H40N2O4/c1-20-15-21(2)31(22(3)16-20)24-17-29-33(30(39)18-24)32(26-9-6-10-27-25(26)13-14-36-27)34(35(40)41-19-38)28(37-29)12-11-23-7-4-5-8-23/h6,9-10,13-16,23-24,32,36-38H,4-5,7-8,11-12,17-19H2,1-3H3. The van der Waals surface area contributed by atoms with E-state index in [1.807, 2.05) is 30.5 Å². The molecule has 214 valence electrons. The molecule has 0 bridgehead atoms. The van der Waals surface area contributed by atoms with Crippen LogP contribution in [0.25, 0.3) is 10.9 Å². The third-order valence-electron chi connectivity index (χ3n) is 9.49. The van der Waals surface area contributed by atoms with Gasteiger partial charge in [-0.15, -0.1) is 0 Å². The molecule has 2 aromatic carbocycles. The fourth-order valence-corrected chi connectivity index (χ4v) is 7.89. The van der Waals surface area contributed by atoms with Crippen molar-refractivity contribution in [2.24, 2.45) is 5.92 Å². The molecule has 2 aliphatic carbocycles. The lowest BCUT2D eigenvalue weighted by Crippen LogP contribution is -2.37. The average Bonchev–Trinajstić information content (AvgIpc) is 3.63. The number of hydrogen-bond acceptors (Lipinski definition) is 5. The monoisotopic (exact) mass is 552 g/mol. The molecule has 0 spiro atoms. The van der Waals surface area contributed by atoms with Gasteiger partial charge in [0.2, 0.25) is 0 Å². The number of aliphatic hydroxyl groups is 1. The summed E-state index contributed by atoms with van der Waals surface area (Å²) in [6.07, 6.45) is 9.64. The van der Waals surface area contributed by atoms with Crippen LogP contribution in [0.2, 0.25) is 0 Å². The predicted octanol–water partition coefficient (Wildman–Crippen LogP) is 6.90. The number of ketones is 1. The number of aliphatic hydroxyl groups excluding tert-OH is 1. The first-order valence-electron chi connectivity index (χ1n) is 15.0. The molecule has 1 saturated carbocycles. The van der Waals surface area contributed by atoms with Crippen molar-refractivity contribution in [3.8, 4) is 0 Å². The van der Waals surface area contributed by atoms with Gasteiger partial charge in [0, 0.05) is 46.4 Å². The second-order valence-electron chi connectivity index (χ2n) is 12.2. The van der Waals surface area contributed by atoms with Gasteiger partial charge in [0.05, 0.1) is 5.57 Å². The topological polar surface area (TPSA) is 91.4 Å². The zero-order valence-electron chi connectivity index (χ0n) is 24.3. The molecule has 1 aliphatic heterocycles. The first-order chi connectivity index (χ1) is 19.9. The first kappa shape index (κ1) is 27.5. The molecule has 2 heterocycles. The van der Waals surface area contributed by atoms with E-state index in [4.69, 9.17) is 4.74 Å². The molecule has 6 heteroatoms. The Bertz CT molecular complexity index is 1550. The number of aromatic nitrogens is 1. The summed E-state index contributed by atoms with van der Waals surface area (Å²) in [5.41, 5.74) is 9.66. The van der Waals surface area contributed by atoms with Crippen molar-refractivity contribution in [1.29, 1.82) is 0 Å². The zero-order chi connectivity index (χ0) is 28.7. The number of benzene rings is 2. The number of nitrogens with one attached hydrogen (secondary N) is 2. The van der Waals surface area contributed by atoms with Crippen LogP contribution in [0.15, 0.2) is 65.1 Å². The number of aryl methyl sites for hydroxylation is 3. The van der Waals surface area contributed by atoms with Gasteiger partial charge in [0.1, 0.15) is 0 Å². The van der Waals surface area contributed by atoms with Gasteiger partial charge in [-0.2, -0.15) is 0 Å². The van der Waals surface area contributed by atoms with Crippen molar-refractivity contribution in [2.75, 3.05) is 6.79 Å². The number of carbonyl (C=O) groups excluding carboxylic acids is 2. The van der Waals surface area contributed by atoms with Crippen molar-refractivity contribution < 1.29 is 19.4 Å². The summed E-state index contributed by atoms with van der Waals surface area (Å²) in [5.74, 6) is -0.354. The number of carbonyl (C=O) groups is 2. The van der Waals surface area contributed by atoms with Crippen LogP contribution in [0.4, 0.5) is 0 Å². The van der Waals surface area contributed by atoms with Crippen molar-refractivity contribution >= 4 is 22.7 Å². The normalized spacial score (nSPS) is 21.4. The van der Waals surface area contributed by atoms with E-state index >= 15 is 0 Å². The highest BCUT2D eigenvalue weighted by atomic mass is 16.6. The van der Waals surface area contributed by atoms with Gasteiger partial charge in [-0.3, -0.25) is 4.79 Å². The smallest absolute Gasteiger partial charge is 0.338 e. The summed E-state index contributed by atoms with van der Waals surface area (Å²) in [5, 5.41) is 14.2. The number of H-pyrrole nitrogens is 1. The molecule has 0 saturated heterocycles. The van der Waals surface area contributed by atoms with Gasteiger partial charge in [0.15, 0.2) is 12.6 Å². The molecule has 0 amide bonds. The number of ether oxygens (including phenoxy) is 1. The summed E-state index contributed by atoms with van der Waals surface area (Å²) < 4.78 is 5.25. The second kappa shape index (κ2) is 11.3. The van der Waals surface area contributed by atoms with Crippen molar-refractivity contribution in [3.05, 3.63) is 93.0 Å². The Balaban J connectivity index is 1.49. The average molecular weight is 553 g/mol. The van der Waals surface area contributed by atoms with Gasteiger partial charge in [-0.25, -0.2) is 4.79 Å². The van der Waals surface area contributed by atoms with E-state index in [9.17, 15) is 14.7 Å². The molecular formula is C35H40N2O4. The van der Waals surface area contributed by atoms with E-state index in [1.54, 1.807) is 0 Å². The molecule has 3 N–H and O–H groups in total. The molecule has 6 nitrogen and oxygen atoms in total. The molecule has 0 radical (unpaired) electrons. The van der Waals surface area contributed by atoms with Crippen molar-refractivity contribution in [3.63, 3.8) is 0 Å². The Morgan fingerprint density at radius 3 is 2.54 bits per heavy atom. The third-order valence-corrected chi connectivity index (χ3v) is 9.49. The minimum absolute atomic E-state index is 0.0600. The maximum atomic E-state index is 14.2. The van der Waals surface area contributed by atoms with E-state index in [-0.39, 0.29) is 11.7 Å². The van der Waals surface area contributed by atoms with E-state index < -0.39 is 18.7 Å².